The first-order chi connectivity index (χ1) is 9.47. The summed E-state index contributed by atoms with van der Waals surface area (Å²) in [5.41, 5.74) is 5.76. The van der Waals surface area contributed by atoms with Crippen LogP contribution in [0.1, 0.15) is 30.1 Å². The second kappa shape index (κ2) is 7.49. The number of carboxylic acids is 1. The summed E-state index contributed by atoms with van der Waals surface area (Å²) in [6.45, 7) is 2.48. The number of carbonyl (C=O) groups is 2. The number of nitrogens with one attached hydrogen (secondary N) is 1. The predicted molar refractivity (Wildman–Crippen MR) is 76.0 cm³/mol. The number of anilines is 1. The Hall–Kier alpha value is -2.08. The Bertz CT molecular complexity index is 488. The first kappa shape index (κ1) is 16.0. The molecule has 1 atom stereocenters. The summed E-state index contributed by atoms with van der Waals surface area (Å²) in [5.74, 6) is -0.593. The number of carbonyl (C=O) groups excluding carboxylic acids is 1. The summed E-state index contributed by atoms with van der Waals surface area (Å²) >= 11 is 0. The minimum atomic E-state index is -1.10. The molecule has 0 radical (unpaired) electrons. The number of hydrogen-bond donors (Lipinski definition) is 3. The van der Waals surface area contributed by atoms with E-state index in [-0.39, 0.29) is 23.1 Å². The van der Waals surface area contributed by atoms with Crippen molar-refractivity contribution in [2.45, 2.75) is 19.8 Å². The Morgan fingerprint density at radius 1 is 1.45 bits per heavy atom. The highest BCUT2D eigenvalue weighted by Crippen LogP contribution is 2.23. The van der Waals surface area contributed by atoms with Gasteiger partial charge in [-0.15, -0.1) is 0 Å². The lowest BCUT2D eigenvalue weighted by atomic mass is 10.1. The van der Waals surface area contributed by atoms with Gasteiger partial charge in [0.15, 0.2) is 0 Å². The molecule has 4 N–H and O–H groups in total. The highest BCUT2D eigenvalue weighted by atomic mass is 16.5. The van der Waals surface area contributed by atoms with Gasteiger partial charge < -0.3 is 20.9 Å². The van der Waals surface area contributed by atoms with Crippen LogP contribution in [-0.2, 0) is 4.79 Å². The van der Waals surface area contributed by atoms with Crippen molar-refractivity contribution in [2.24, 2.45) is 11.7 Å². The van der Waals surface area contributed by atoms with E-state index < -0.39 is 5.97 Å². The SMILES string of the molecule is COc1ccc(C(=O)O)c(NC(=O)CCC(C)CN)c1. The first-order valence-corrected chi connectivity index (χ1v) is 6.39. The van der Waals surface area contributed by atoms with Crippen LogP contribution in [0.4, 0.5) is 5.69 Å². The molecular weight excluding hydrogens is 260 g/mol. The van der Waals surface area contributed by atoms with E-state index in [1.165, 1.54) is 25.3 Å². The van der Waals surface area contributed by atoms with Gasteiger partial charge in [0.2, 0.25) is 5.91 Å². The van der Waals surface area contributed by atoms with Gasteiger partial charge in [0.25, 0.3) is 0 Å². The smallest absolute Gasteiger partial charge is 0.337 e. The molecule has 1 aromatic rings. The molecule has 6 heteroatoms. The molecule has 0 spiro atoms. The maximum Gasteiger partial charge on any atom is 0.337 e. The van der Waals surface area contributed by atoms with Gasteiger partial charge in [-0.25, -0.2) is 4.79 Å². The highest BCUT2D eigenvalue weighted by molar-refractivity contribution is 6.00. The van der Waals surface area contributed by atoms with Gasteiger partial charge >= 0.3 is 5.97 Å². The molecule has 1 unspecified atom stereocenters. The van der Waals surface area contributed by atoms with E-state index in [2.05, 4.69) is 5.32 Å². The Morgan fingerprint density at radius 3 is 2.70 bits per heavy atom. The maximum atomic E-state index is 11.8. The summed E-state index contributed by atoms with van der Waals surface area (Å²) in [7, 11) is 1.48. The molecule has 1 amide bonds. The molecule has 0 aliphatic heterocycles. The van der Waals surface area contributed by atoms with E-state index in [1.54, 1.807) is 0 Å². The van der Waals surface area contributed by atoms with Gasteiger partial charge in [0, 0.05) is 12.5 Å². The zero-order valence-electron chi connectivity index (χ0n) is 11.7. The molecule has 0 saturated carbocycles. The van der Waals surface area contributed by atoms with Crippen molar-refractivity contribution in [2.75, 3.05) is 19.0 Å². The maximum absolute atomic E-state index is 11.8. The fraction of sp³-hybridized carbons (Fsp3) is 0.429. The van der Waals surface area contributed by atoms with Crippen LogP contribution in [0.2, 0.25) is 0 Å². The molecule has 0 saturated heterocycles. The quantitative estimate of drug-likeness (QED) is 0.705. The van der Waals surface area contributed by atoms with Crippen molar-refractivity contribution in [3.8, 4) is 5.75 Å². The number of carboxylic acid groups (broad SMARTS) is 1. The van der Waals surface area contributed by atoms with E-state index in [1.807, 2.05) is 6.92 Å². The van der Waals surface area contributed by atoms with Crippen LogP contribution in [0, 0.1) is 5.92 Å². The van der Waals surface area contributed by atoms with E-state index in [4.69, 9.17) is 15.6 Å². The number of rotatable bonds is 7. The molecule has 0 fully saturated rings. The Labute approximate surface area is 117 Å². The van der Waals surface area contributed by atoms with E-state index >= 15 is 0 Å². The lowest BCUT2D eigenvalue weighted by Gasteiger charge is -2.11. The topological polar surface area (TPSA) is 102 Å². The van der Waals surface area contributed by atoms with Crippen molar-refractivity contribution in [1.29, 1.82) is 0 Å². The number of aromatic carboxylic acids is 1. The van der Waals surface area contributed by atoms with Gasteiger partial charge in [-0.05, 0) is 31.0 Å². The molecule has 0 bridgehead atoms. The van der Waals surface area contributed by atoms with Gasteiger partial charge in [-0.2, -0.15) is 0 Å². The zero-order chi connectivity index (χ0) is 15.1. The van der Waals surface area contributed by atoms with Crippen LogP contribution in [0.15, 0.2) is 18.2 Å². The number of nitrogens with two attached hydrogens (primary N) is 1. The minimum Gasteiger partial charge on any atom is -0.497 e. The molecule has 0 aliphatic carbocycles. The second-order valence-electron chi connectivity index (χ2n) is 4.64. The summed E-state index contributed by atoms with van der Waals surface area (Å²) in [6, 6.07) is 4.43. The van der Waals surface area contributed by atoms with Gasteiger partial charge in [0.05, 0.1) is 18.4 Å². The monoisotopic (exact) mass is 280 g/mol. The number of amides is 1. The van der Waals surface area contributed by atoms with Crippen molar-refractivity contribution in [3.63, 3.8) is 0 Å². The number of methoxy groups -OCH3 is 1. The molecule has 1 rings (SSSR count). The van der Waals surface area contributed by atoms with Crippen molar-refractivity contribution in [1.82, 2.24) is 0 Å². The number of hydrogen-bond acceptors (Lipinski definition) is 4. The lowest BCUT2D eigenvalue weighted by molar-refractivity contribution is -0.116. The van der Waals surface area contributed by atoms with E-state index in [0.29, 0.717) is 25.1 Å². The third-order valence-corrected chi connectivity index (χ3v) is 3.00. The first-order valence-electron chi connectivity index (χ1n) is 6.39. The van der Waals surface area contributed by atoms with E-state index in [9.17, 15) is 9.59 Å². The molecular formula is C14H20N2O4. The minimum absolute atomic E-state index is 0.0334. The van der Waals surface area contributed by atoms with Gasteiger partial charge in [-0.1, -0.05) is 6.92 Å². The van der Waals surface area contributed by atoms with Crippen LogP contribution in [0.5, 0.6) is 5.75 Å². The van der Waals surface area contributed by atoms with Gasteiger partial charge in [0.1, 0.15) is 5.75 Å². The molecule has 20 heavy (non-hydrogen) atoms. The van der Waals surface area contributed by atoms with Gasteiger partial charge in [-0.3, -0.25) is 4.79 Å². The van der Waals surface area contributed by atoms with Crippen LogP contribution >= 0.6 is 0 Å². The zero-order valence-corrected chi connectivity index (χ0v) is 11.7. The Kier molecular flexibility index (Phi) is 5.99. The Morgan fingerprint density at radius 2 is 2.15 bits per heavy atom. The molecule has 110 valence electrons. The summed E-state index contributed by atoms with van der Waals surface area (Å²) in [5, 5.41) is 11.7. The molecule has 6 nitrogen and oxygen atoms in total. The average Bonchev–Trinajstić information content (AvgIpc) is 2.44. The third-order valence-electron chi connectivity index (χ3n) is 3.00. The molecule has 0 aromatic heterocycles. The highest BCUT2D eigenvalue weighted by Gasteiger charge is 2.14. The second-order valence-corrected chi connectivity index (χ2v) is 4.64. The summed E-state index contributed by atoms with van der Waals surface area (Å²) in [6.07, 6.45) is 0.962. The average molecular weight is 280 g/mol. The standard InChI is InChI=1S/C14H20N2O4/c1-9(8-15)3-6-13(17)16-12-7-10(20-2)4-5-11(12)14(18)19/h4-5,7,9H,3,6,8,15H2,1-2H3,(H,16,17)(H,18,19). The van der Waals surface area contributed by atoms with Crippen molar-refractivity contribution < 1.29 is 19.4 Å². The predicted octanol–water partition coefficient (Wildman–Crippen LogP) is 1.71. The van der Waals surface area contributed by atoms with Crippen molar-refractivity contribution >= 4 is 17.6 Å². The van der Waals surface area contributed by atoms with Crippen LogP contribution in [0.25, 0.3) is 0 Å². The molecule has 1 aromatic carbocycles. The lowest BCUT2D eigenvalue weighted by Crippen LogP contribution is -2.17. The fourth-order valence-corrected chi connectivity index (χ4v) is 1.65. The van der Waals surface area contributed by atoms with E-state index in [0.717, 1.165) is 0 Å². The largest absolute Gasteiger partial charge is 0.497 e. The van der Waals surface area contributed by atoms with Crippen LogP contribution < -0.4 is 15.8 Å². The molecule has 0 aliphatic rings. The summed E-state index contributed by atoms with van der Waals surface area (Å²) in [4.78, 5) is 22.9. The van der Waals surface area contributed by atoms with Crippen LogP contribution in [0.3, 0.4) is 0 Å². The normalized spacial score (nSPS) is 11.8. The fourth-order valence-electron chi connectivity index (χ4n) is 1.65. The van der Waals surface area contributed by atoms with Crippen LogP contribution in [-0.4, -0.2) is 30.6 Å². The molecule has 0 heterocycles. The summed E-state index contributed by atoms with van der Waals surface area (Å²) < 4.78 is 5.03. The number of ether oxygens (including phenoxy) is 1. The Balaban J connectivity index is 2.79. The number of benzene rings is 1. The van der Waals surface area contributed by atoms with Crippen molar-refractivity contribution in [3.05, 3.63) is 23.8 Å². The third kappa shape index (κ3) is 4.55.